The highest BCUT2D eigenvalue weighted by molar-refractivity contribution is 6.31. The van der Waals surface area contributed by atoms with E-state index < -0.39 is 11.8 Å². The third-order valence-electron chi connectivity index (χ3n) is 4.41. The Labute approximate surface area is 171 Å². The van der Waals surface area contributed by atoms with Crippen molar-refractivity contribution in [1.29, 1.82) is 0 Å². The Morgan fingerprint density at radius 1 is 1.00 bits per heavy atom. The molecule has 9 heteroatoms. The van der Waals surface area contributed by atoms with Gasteiger partial charge in [0.05, 0.1) is 19.2 Å². The van der Waals surface area contributed by atoms with Gasteiger partial charge in [-0.1, -0.05) is 23.7 Å². The molecule has 0 aliphatic carbocycles. The molecule has 0 radical (unpaired) electrons. The zero-order valence-corrected chi connectivity index (χ0v) is 16.3. The molecule has 0 unspecified atom stereocenters. The van der Waals surface area contributed by atoms with Crippen molar-refractivity contribution < 1.29 is 23.9 Å². The number of halogens is 1. The van der Waals surface area contributed by atoms with Gasteiger partial charge in [0.15, 0.2) is 0 Å². The van der Waals surface area contributed by atoms with Gasteiger partial charge in [0.2, 0.25) is 11.8 Å². The van der Waals surface area contributed by atoms with Crippen LogP contribution in [0, 0.1) is 0 Å². The lowest BCUT2D eigenvalue weighted by Gasteiger charge is -2.14. The molecule has 1 aliphatic heterocycles. The molecule has 29 heavy (non-hydrogen) atoms. The molecule has 0 spiro atoms. The fourth-order valence-corrected chi connectivity index (χ4v) is 3.03. The number of rotatable bonds is 5. The largest absolute Gasteiger partial charge is 0.496 e. The van der Waals surface area contributed by atoms with E-state index in [1.54, 1.807) is 36.4 Å². The second-order valence-electron chi connectivity index (χ2n) is 6.32. The van der Waals surface area contributed by atoms with Crippen molar-refractivity contribution in [3.8, 4) is 5.75 Å². The number of ether oxygens (including phenoxy) is 1. The Balaban J connectivity index is 1.60. The summed E-state index contributed by atoms with van der Waals surface area (Å²) in [7, 11) is 1.42. The molecule has 1 aliphatic rings. The molecule has 1 fully saturated rings. The molecule has 2 aromatic carbocycles. The fourth-order valence-electron chi connectivity index (χ4n) is 2.85. The summed E-state index contributed by atoms with van der Waals surface area (Å²) in [4.78, 5) is 49.1. The Kier molecular flexibility index (Phi) is 6.13. The van der Waals surface area contributed by atoms with Crippen LogP contribution in [0.25, 0.3) is 0 Å². The summed E-state index contributed by atoms with van der Waals surface area (Å²) in [6.45, 7) is 0.171. The summed E-state index contributed by atoms with van der Waals surface area (Å²) in [6.07, 6.45) is 0.465. The van der Waals surface area contributed by atoms with Crippen LogP contribution in [0.2, 0.25) is 5.02 Å². The lowest BCUT2D eigenvalue weighted by Crippen LogP contribution is -2.41. The van der Waals surface area contributed by atoms with Crippen molar-refractivity contribution >= 4 is 35.2 Å². The number of benzene rings is 2. The number of hydrazine groups is 1. The van der Waals surface area contributed by atoms with E-state index in [0.717, 1.165) is 5.56 Å². The molecular weight excluding hydrogens is 398 g/mol. The summed E-state index contributed by atoms with van der Waals surface area (Å²) in [5, 5.41) is 0.354. The molecule has 1 saturated heterocycles. The quantitative estimate of drug-likeness (QED) is 0.574. The van der Waals surface area contributed by atoms with Gasteiger partial charge in [-0.15, -0.1) is 0 Å². The maximum absolute atomic E-state index is 12.3. The predicted octanol–water partition coefficient (Wildman–Crippen LogP) is 2.07. The van der Waals surface area contributed by atoms with E-state index in [4.69, 9.17) is 16.3 Å². The van der Waals surface area contributed by atoms with Gasteiger partial charge < -0.3 is 4.74 Å². The van der Waals surface area contributed by atoms with E-state index >= 15 is 0 Å². The Morgan fingerprint density at radius 3 is 2.24 bits per heavy atom. The standard InChI is InChI=1S/C20H18ClN3O5/c1-29-16-7-6-14(21)10-15(16)20(28)23-22-19(27)13-4-2-12(3-5-13)11-24-17(25)8-9-18(24)26/h2-7,10H,8-9,11H2,1H3,(H,22,27)(H,23,28). The minimum atomic E-state index is -0.583. The Bertz CT molecular complexity index is 959. The van der Waals surface area contributed by atoms with Crippen LogP contribution in [0.1, 0.15) is 39.1 Å². The molecule has 3 rings (SSSR count). The van der Waals surface area contributed by atoms with Gasteiger partial charge in [-0.25, -0.2) is 0 Å². The first-order valence-corrected chi connectivity index (χ1v) is 9.13. The third-order valence-corrected chi connectivity index (χ3v) is 4.64. The number of nitrogens with zero attached hydrogens (tertiary/aromatic N) is 1. The average molecular weight is 416 g/mol. The molecule has 2 N–H and O–H groups in total. The van der Waals surface area contributed by atoms with Crippen LogP contribution in [0.15, 0.2) is 42.5 Å². The normalized spacial score (nSPS) is 13.4. The Hall–Kier alpha value is -3.39. The highest BCUT2D eigenvalue weighted by Gasteiger charge is 2.28. The molecule has 2 aromatic rings. The molecule has 8 nitrogen and oxygen atoms in total. The van der Waals surface area contributed by atoms with Crippen LogP contribution in [0.5, 0.6) is 5.75 Å². The molecule has 0 atom stereocenters. The van der Waals surface area contributed by atoms with Crippen molar-refractivity contribution in [2.24, 2.45) is 0 Å². The molecule has 4 amide bonds. The van der Waals surface area contributed by atoms with E-state index in [2.05, 4.69) is 10.9 Å². The van der Waals surface area contributed by atoms with Gasteiger partial charge >= 0.3 is 0 Å². The minimum Gasteiger partial charge on any atom is -0.496 e. The van der Waals surface area contributed by atoms with Gasteiger partial charge in [0.25, 0.3) is 11.8 Å². The van der Waals surface area contributed by atoms with Crippen LogP contribution in [0.3, 0.4) is 0 Å². The smallest absolute Gasteiger partial charge is 0.273 e. The molecule has 0 saturated carbocycles. The number of methoxy groups -OCH3 is 1. The summed E-state index contributed by atoms with van der Waals surface area (Å²) in [5.74, 6) is -1.19. The van der Waals surface area contributed by atoms with Crippen molar-refractivity contribution in [2.75, 3.05) is 7.11 Å². The van der Waals surface area contributed by atoms with E-state index in [1.807, 2.05) is 0 Å². The van der Waals surface area contributed by atoms with Gasteiger partial charge in [0.1, 0.15) is 5.75 Å². The summed E-state index contributed by atoms with van der Waals surface area (Å²) in [5.41, 5.74) is 5.82. The van der Waals surface area contributed by atoms with Gasteiger partial charge in [-0.2, -0.15) is 0 Å². The molecule has 0 bridgehead atoms. The van der Waals surface area contributed by atoms with E-state index in [-0.39, 0.29) is 36.8 Å². The van der Waals surface area contributed by atoms with Gasteiger partial charge in [0, 0.05) is 23.4 Å². The average Bonchev–Trinajstić information content (AvgIpc) is 3.04. The van der Waals surface area contributed by atoms with Crippen LogP contribution in [0.4, 0.5) is 0 Å². The monoisotopic (exact) mass is 415 g/mol. The number of imide groups is 1. The van der Waals surface area contributed by atoms with E-state index in [0.29, 0.717) is 16.3 Å². The first-order chi connectivity index (χ1) is 13.9. The van der Waals surface area contributed by atoms with Crippen LogP contribution in [-0.2, 0) is 16.1 Å². The second-order valence-corrected chi connectivity index (χ2v) is 6.76. The minimum absolute atomic E-state index is 0.171. The molecular formula is C20H18ClN3O5. The summed E-state index contributed by atoms with van der Waals surface area (Å²) in [6, 6.07) is 10.9. The highest BCUT2D eigenvalue weighted by atomic mass is 35.5. The first-order valence-electron chi connectivity index (χ1n) is 8.75. The molecule has 0 aromatic heterocycles. The number of nitrogens with one attached hydrogen (secondary N) is 2. The zero-order valence-electron chi connectivity index (χ0n) is 15.5. The van der Waals surface area contributed by atoms with E-state index in [1.165, 1.54) is 18.1 Å². The van der Waals surface area contributed by atoms with E-state index in [9.17, 15) is 19.2 Å². The number of carbonyl (C=O) groups excluding carboxylic acids is 4. The SMILES string of the molecule is COc1ccc(Cl)cc1C(=O)NNC(=O)c1ccc(CN2C(=O)CCC2=O)cc1. The maximum atomic E-state index is 12.3. The lowest BCUT2D eigenvalue weighted by molar-refractivity contribution is -0.139. The zero-order chi connectivity index (χ0) is 21.0. The Morgan fingerprint density at radius 2 is 1.62 bits per heavy atom. The predicted molar refractivity (Wildman–Crippen MR) is 104 cm³/mol. The third kappa shape index (κ3) is 4.72. The number of hydrogen-bond donors (Lipinski definition) is 2. The summed E-state index contributed by atoms with van der Waals surface area (Å²) >= 11 is 5.90. The lowest BCUT2D eigenvalue weighted by atomic mass is 10.1. The first kappa shape index (κ1) is 20.3. The molecule has 150 valence electrons. The van der Waals surface area contributed by atoms with Crippen LogP contribution >= 0.6 is 11.6 Å². The van der Waals surface area contributed by atoms with Crippen LogP contribution in [-0.4, -0.2) is 35.6 Å². The fraction of sp³-hybridized carbons (Fsp3) is 0.200. The topological polar surface area (TPSA) is 105 Å². The number of hydrogen-bond acceptors (Lipinski definition) is 5. The number of amides is 4. The van der Waals surface area contributed by atoms with Crippen LogP contribution < -0.4 is 15.6 Å². The molecule has 1 heterocycles. The number of carbonyl (C=O) groups is 4. The van der Waals surface area contributed by atoms with Gasteiger partial charge in [-0.3, -0.25) is 34.9 Å². The highest BCUT2D eigenvalue weighted by Crippen LogP contribution is 2.22. The van der Waals surface area contributed by atoms with Crippen molar-refractivity contribution in [2.45, 2.75) is 19.4 Å². The van der Waals surface area contributed by atoms with Crippen molar-refractivity contribution in [1.82, 2.24) is 15.8 Å². The maximum Gasteiger partial charge on any atom is 0.273 e. The van der Waals surface area contributed by atoms with Crippen molar-refractivity contribution in [3.05, 3.63) is 64.2 Å². The van der Waals surface area contributed by atoms with Crippen molar-refractivity contribution in [3.63, 3.8) is 0 Å². The second kappa shape index (κ2) is 8.74. The number of likely N-dealkylation sites (tertiary alicyclic amines) is 1. The van der Waals surface area contributed by atoms with Gasteiger partial charge in [-0.05, 0) is 35.9 Å². The summed E-state index contributed by atoms with van der Waals surface area (Å²) < 4.78 is 5.11.